The van der Waals surface area contributed by atoms with E-state index in [9.17, 15) is 0 Å². The number of nitrogen functional groups attached to an aromatic ring is 1. The van der Waals surface area contributed by atoms with Gasteiger partial charge in [0.1, 0.15) is 0 Å². The first-order chi connectivity index (χ1) is 7.10. The molecule has 3 heteroatoms. The fourth-order valence-corrected chi connectivity index (χ4v) is 1.90. The van der Waals surface area contributed by atoms with Gasteiger partial charge in [0.15, 0.2) is 0 Å². The maximum absolute atomic E-state index is 5.64. The van der Waals surface area contributed by atoms with Gasteiger partial charge in [-0.2, -0.15) is 0 Å². The molecule has 2 rings (SSSR count). The third-order valence-electron chi connectivity index (χ3n) is 3.23. The van der Waals surface area contributed by atoms with Gasteiger partial charge in [0.05, 0.1) is 11.6 Å². The van der Waals surface area contributed by atoms with E-state index in [1.807, 2.05) is 24.3 Å². The van der Waals surface area contributed by atoms with Crippen molar-refractivity contribution < 1.29 is 4.74 Å². The van der Waals surface area contributed by atoms with Crippen molar-refractivity contribution in [1.29, 1.82) is 0 Å². The third-order valence-corrected chi connectivity index (χ3v) is 3.23. The Balaban J connectivity index is 2.11. The Morgan fingerprint density at radius 3 is 2.60 bits per heavy atom. The van der Waals surface area contributed by atoms with Crippen molar-refractivity contribution in [1.82, 2.24) is 0 Å². The Morgan fingerprint density at radius 2 is 2.07 bits per heavy atom. The Morgan fingerprint density at radius 1 is 1.40 bits per heavy atom. The van der Waals surface area contributed by atoms with Gasteiger partial charge in [-0.05, 0) is 44.5 Å². The van der Waals surface area contributed by atoms with E-state index in [1.165, 1.54) is 0 Å². The van der Waals surface area contributed by atoms with Crippen LogP contribution in [0.4, 0.5) is 11.4 Å². The van der Waals surface area contributed by atoms with Crippen molar-refractivity contribution in [2.24, 2.45) is 0 Å². The highest BCUT2D eigenvalue weighted by Crippen LogP contribution is 2.29. The van der Waals surface area contributed by atoms with Crippen molar-refractivity contribution >= 4 is 11.4 Å². The number of nitrogens with one attached hydrogen (secondary N) is 1. The summed E-state index contributed by atoms with van der Waals surface area (Å²) < 4.78 is 5.58. The molecular formula is C12H18N2O. The molecule has 1 fully saturated rings. The molecule has 1 aromatic rings. The van der Waals surface area contributed by atoms with Crippen molar-refractivity contribution in [3.8, 4) is 0 Å². The molecule has 2 atom stereocenters. The van der Waals surface area contributed by atoms with Gasteiger partial charge in [-0.15, -0.1) is 0 Å². The molecule has 1 heterocycles. The van der Waals surface area contributed by atoms with Crippen LogP contribution >= 0.6 is 0 Å². The van der Waals surface area contributed by atoms with Crippen LogP contribution in [0, 0.1) is 0 Å². The topological polar surface area (TPSA) is 47.3 Å². The van der Waals surface area contributed by atoms with Gasteiger partial charge in [-0.25, -0.2) is 0 Å². The van der Waals surface area contributed by atoms with E-state index in [4.69, 9.17) is 10.5 Å². The predicted molar refractivity (Wildman–Crippen MR) is 62.9 cm³/mol. The van der Waals surface area contributed by atoms with E-state index < -0.39 is 0 Å². The number of hydrogen-bond acceptors (Lipinski definition) is 3. The fraction of sp³-hybridized carbons (Fsp3) is 0.500. The van der Waals surface area contributed by atoms with Gasteiger partial charge < -0.3 is 15.8 Å². The molecule has 1 saturated heterocycles. The van der Waals surface area contributed by atoms with E-state index >= 15 is 0 Å². The molecule has 0 radical (unpaired) electrons. The summed E-state index contributed by atoms with van der Waals surface area (Å²) in [7, 11) is 0. The number of hydrogen-bond donors (Lipinski definition) is 2. The molecule has 0 aromatic heterocycles. The average molecular weight is 206 g/mol. The second kappa shape index (κ2) is 3.74. The number of anilines is 2. The van der Waals surface area contributed by atoms with Crippen LogP contribution in [-0.4, -0.2) is 18.2 Å². The lowest BCUT2D eigenvalue weighted by Crippen LogP contribution is -2.41. The molecule has 82 valence electrons. The normalized spacial score (nSPS) is 30.4. The SMILES string of the molecule is CC1OCCC1(C)Nc1ccc(N)cc1. The summed E-state index contributed by atoms with van der Waals surface area (Å²) in [5.74, 6) is 0. The van der Waals surface area contributed by atoms with Gasteiger partial charge >= 0.3 is 0 Å². The molecule has 2 unspecified atom stereocenters. The van der Waals surface area contributed by atoms with Crippen molar-refractivity contribution in [2.45, 2.75) is 31.9 Å². The van der Waals surface area contributed by atoms with Crippen LogP contribution < -0.4 is 11.1 Å². The second-order valence-corrected chi connectivity index (χ2v) is 4.43. The largest absolute Gasteiger partial charge is 0.399 e. The van der Waals surface area contributed by atoms with Crippen LogP contribution in [0.1, 0.15) is 20.3 Å². The lowest BCUT2D eigenvalue weighted by atomic mass is 9.94. The number of ether oxygens (including phenoxy) is 1. The lowest BCUT2D eigenvalue weighted by Gasteiger charge is -2.30. The number of benzene rings is 1. The van der Waals surface area contributed by atoms with Crippen LogP contribution in [0.15, 0.2) is 24.3 Å². The van der Waals surface area contributed by atoms with Crippen molar-refractivity contribution in [3.63, 3.8) is 0 Å². The van der Waals surface area contributed by atoms with Gasteiger partial charge in [0, 0.05) is 18.0 Å². The van der Waals surface area contributed by atoms with Crippen molar-refractivity contribution in [2.75, 3.05) is 17.7 Å². The van der Waals surface area contributed by atoms with E-state index in [-0.39, 0.29) is 11.6 Å². The molecule has 0 saturated carbocycles. The van der Waals surface area contributed by atoms with Gasteiger partial charge in [0.25, 0.3) is 0 Å². The highest BCUT2D eigenvalue weighted by atomic mass is 16.5. The van der Waals surface area contributed by atoms with Crippen molar-refractivity contribution in [3.05, 3.63) is 24.3 Å². The highest BCUT2D eigenvalue weighted by molar-refractivity contribution is 5.52. The second-order valence-electron chi connectivity index (χ2n) is 4.43. The molecule has 0 bridgehead atoms. The number of rotatable bonds is 2. The minimum atomic E-state index is 0.0378. The predicted octanol–water partition coefficient (Wildman–Crippen LogP) is 2.25. The minimum Gasteiger partial charge on any atom is -0.399 e. The van der Waals surface area contributed by atoms with Crippen LogP contribution in [0.2, 0.25) is 0 Å². The van der Waals surface area contributed by atoms with Crippen LogP contribution in [0.25, 0.3) is 0 Å². The molecular weight excluding hydrogens is 188 g/mol. The molecule has 0 aliphatic carbocycles. The molecule has 3 N–H and O–H groups in total. The van der Waals surface area contributed by atoms with Gasteiger partial charge in [0.2, 0.25) is 0 Å². The Kier molecular flexibility index (Phi) is 2.57. The summed E-state index contributed by atoms with van der Waals surface area (Å²) in [6.45, 7) is 5.14. The quantitative estimate of drug-likeness (QED) is 0.730. The zero-order valence-corrected chi connectivity index (χ0v) is 9.29. The molecule has 1 aromatic carbocycles. The van der Waals surface area contributed by atoms with Crippen LogP contribution in [-0.2, 0) is 4.74 Å². The zero-order valence-electron chi connectivity index (χ0n) is 9.29. The standard InChI is InChI=1S/C12H18N2O/c1-9-12(2,7-8-15-9)14-11-5-3-10(13)4-6-11/h3-6,9,14H,7-8,13H2,1-2H3. The van der Waals surface area contributed by atoms with Crippen LogP contribution in [0.3, 0.4) is 0 Å². The zero-order chi connectivity index (χ0) is 10.9. The Labute approximate surface area is 90.6 Å². The highest BCUT2D eigenvalue weighted by Gasteiger charge is 2.36. The summed E-state index contributed by atoms with van der Waals surface area (Å²) in [4.78, 5) is 0. The minimum absolute atomic E-state index is 0.0378. The summed E-state index contributed by atoms with van der Waals surface area (Å²) in [5, 5.41) is 3.51. The molecule has 0 amide bonds. The Hall–Kier alpha value is -1.22. The van der Waals surface area contributed by atoms with Gasteiger partial charge in [-0.3, -0.25) is 0 Å². The maximum Gasteiger partial charge on any atom is 0.0774 e. The summed E-state index contributed by atoms with van der Waals surface area (Å²) in [6.07, 6.45) is 1.29. The average Bonchev–Trinajstić information content (AvgIpc) is 2.51. The van der Waals surface area contributed by atoms with Gasteiger partial charge in [-0.1, -0.05) is 0 Å². The smallest absolute Gasteiger partial charge is 0.0774 e. The first-order valence-electron chi connectivity index (χ1n) is 5.35. The first kappa shape index (κ1) is 10.3. The molecule has 15 heavy (non-hydrogen) atoms. The summed E-state index contributed by atoms with van der Waals surface area (Å²) >= 11 is 0. The third kappa shape index (κ3) is 2.07. The lowest BCUT2D eigenvalue weighted by molar-refractivity contribution is 0.105. The summed E-state index contributed by atoms with van der Waals surface area (Å²) in [5.41, 5.74) is 7.57. The van der Waals surface area contributed by atoms with E-state index in [1.54, 1.807) is 0 Å². The van der Waals surface area contributed by atoms with E-state index in [0.29, 0.717) is 0 Å². The fourth-order valence-electron chi connectivity index (χ4n) is 1.90. The van der Waals surface area contributed by atoms with E-state index in [0.717, 1.165) is 24.4 Å². The molecule has 0 spiro atoms. The Bertz CT molecular complexity index is 336. The molecule has 3 nitrogen and oxygen atoms in total. The first-order valence-corrected chi connectivity index (χ1v) is 5.35. The van der Waals surface area contributed by atoms with E-state index in [2.05, 4.69) is 19.2 Å². The maximum atomic E-state index is 5.64. The monoisotopic (exact) mass is 206 g/mol. The summed E-state index contributed by atoms with van der Waals surface area (Å²) in [6, 6.07) is 7.83. The molecule has 1 aliphatic heterocycles. The van der Waals surface area contributed by atoms with Crippen LogP contribution in [0.5, 0.6) is 0 Å². The number of nitrogens with two attached hydrogens (primary N) is 1. The molecule has 1 aliphatic rings.